The Labute approximate surface area is 119 Å². The summed E-state index contributed by atoms with van der Waals surface area (Å²) in [5.41, 5.74) is 1.02. The fraction of sp³-hybridized carbons (Fsp3) is 0.562. The lowest BCUT2D eigenvalue weighted by atomic mass is 9.99. The highest BCUT2D eigenvalue weighted by atomic mass is 16.5. The summed E-state index contributed by atoms with van der Waals surface area (Å²) in [6.45, 7) is 1.50. The molecule has 20 heavy (non-hydrogen) atoms. The molecule has 108 valence electrons. The SMILES string of the molecule is O=C(C1COc2ccccc21)N1CCCC1CCCO. The third-order valence-electron chi connectivity index (χ3n) is 4.35. The van der Waals surface area contributed by atoms with E-state index in [4.69, 9.17) is 9.84 Å². The number of hydrogen-bond donors (Lipinski definition) is 1. The van der Waals surface area contributed by atoms with E-state index in [1.54, 1.807) is 0 Å². The van der Waals surface area contributed by atoms with Crippen molar-refractivity contribution in [1.29, 1.82) is 0 Å². The number of aliphatic hydroxyl groups excluding tert-OH is 1. The minimum Gasteiger partial charge on any atom is -0.492 e. The van der Waals surface area contributed by atoms with Gasteiger partial charge in [-0.15, -0.1) is 0 Å². The molecule has 1 N–H and O–H groups in total. The summed E-state index contributed by atoms with van der Waals surface area (Å²) in [5, 5.41) is 8.97. The summed E-state index contributed by atoms with van der Waals surface area (Å²) in [6, 6.07) is 8.11. The predicted molar refractivity (Wildman–Crippen MR) is 75.7 cm³/mol. The first kappa shape index (κ1) is 13.4. The molecule has 0 aliphatic carbocycles. The highest BCUT2D eigenvalue weighted by Crippen LogP contribution is 2.36. The molecule has 1 amide bonds. The van der Waals surface area contributed by atoms with Crippen LogP contribution >= 0.6 is 0 Å². The Kier molecular flexibility index (Phi) is 3.92. The number of rotatable bonds is 4. The largest absolute Gasteiger partial charge is 0.492 e. The molecule has 2 atom stereocenters. The van der Waals surface area contributed by atoms with E-state index < -0.39 is 0 Å². The van der Waals surface area contributed by atoms with Gasteiger partial charge in [-0.1, -0.05) is 18.2 Å². The Balaban J connectivity index is 1.73. The lowest BCUT2D eigenvalue weighted by Crippen LogP contribution is -2.39. The molecule has 0 spiro atoms. The molecule has 2 aliphatic heterocycles. The van der Waals surface area contributed by atoms with Crippen molar-refractivity contribution in [2.24, 2.45) is 0 Å². The van der Waals surface area contributed by atoms with Crippen LogP contribution in [0.3, 0.4) is 0 Å². The number of fused-ring (bicyclic) bond motifs is 1. The second kappa shape index (κ2) is 5.83. The summed E-state index contributed by atoms with van der Waals surface area (Å²) in [6.07, 6.45) is 3.79. The zero-order chi connectivity index (χ0) is 13.9. The van der Waals surface area contributed by atoms with Crippen molar-refractivity contribution >= 4 is 5.91 Å². The van der Waals surface area contributed by atoms with Gasteiger partial charge in [0.1, 0.15) is 18.3 Å². The molecule has 1 aromatic rings. The lowest BCUT2D eigenvalue weighted by molar-refractivity contribution is -0.134. The fourth-order valence-electron chi connectivity index (χ4n) is 3.32. The Bertz CT molecular complexity index is 488. The van der Waals surface area contributed by atoms with Gasteiger partial charge in [0.25, 0.3) is 0 Å². The van der Waals surface area contributed by atoms with E-state index >= 15 is 0 Å². The first-order chi connectivity index (χ1) is 9.81. The molecule has 0 bridgehead atoms. The topological polar surface area (TPSA) is 49.8 Å². The van der Waals surface area contributed by atoms with E-state index in [0.29, 0.717) is 12.6 Å². The zero-order valence-corrected chi connectivity index (χ0v) is 11.6. The first-order valence-electron chi connectivity index (χ1n) is 7.44. The van der Waals surface area contributed by atoms with Crippen LogP contribution in [0.4, 0.5) is 0 Å². The summed E-state index contributed by atoms with van der Waals surface area (Å²) < 4.78 is 5.62. The second-order valence-corrected chi connectivity index (χ2v) is 5.59. The van der Waals surface area contributed by atoms with Crippen LogP contribution in [0.15, 0.2) is 24.3 Å². The van der Waals surface area contributed by atoms with Crippen molar-refractivity contribution in [3.05, 3.63) is 29.8 Å². The molecule has 0 radical (unpaired) electrons. The fourth-order valence-corrected chi connectivity index (χ4v) is 3.32. The molecule has 1 aromatic carbocycles. The maximum Gasteiger partial charge on any atom is 0.233 e. The number of hydrogen-bond acceptors (Lipinski definition) is 3. The summed E-state index contributed by atoms with van der Waals surface area (Å²) in [7, 11) is 0. The smallest absolute Gasteiger partial charge is 0.233 e. The average Bonchev–Trinajstić information content (AvgIpc) is 3.11. The van der Waals surface area contributed by atoms with E-state index in [2.05, 4.69) is 0 Å². The number of para-hydroxylation sites is 1. The molecular weight excluding hydrogens is 254 g/mol. The summed E-state index contributed by atoms with van der Waals surface area (Å²) >= 11 is 0. The van der Waals surface area contributed by atoms with Crippen molar-refractivity contribution in [2.45, 2.75) is 37.6 Å². The van der Waals surface area contributed by atoms with Gasteiger partial charge in [-0.2, -0.15) is 0 Å². The van der Waals surface area contributed by atoms with Crippen LogP contribution in [0.1, 0.15) is 37.2 Å². The normalized spacial score (nSPS) is 24.6. The van der Waals surface area contributed by atoms with Crippen LogP contribution in [-0.2, 0) is 4.79 Å². The minimum atomic E-state index is -0.152. The molecular formula is C16H21NO3. The summed E-state index contributed by atoms with van der Waals surface area (Å²) in [4.78, 5) is 14.8. The van der Waals surface area contributed by atoms with Gasteiger partial charge >= 0.3 is 0 Å². The number of carbonyl (C=O) groups excluding carboxylic acids is 1. The lowest BCUT2D eigenvalue weighted by Gasteiger charge is -2.27. The number of carbonyl (C=O) groups is 1. The average molecular weight is 275 g/mol. The van der Waals surface area contributed by atoms with Crippen LogP contribution < -0.4 is 4.74 Å². The summed E-state index contributed by atoms with van der Waals surface area (Å²) in [5.74, 6) is 0.883. The number of amides is 1. The first-order valence-corrected chi connectivity index (χ1v) is 7.44. The van der Waals surface area contributed by atoms with Crippen LogP contribution in [0.25, 0.3) is 0 Å². The van der Waals surface area contributed by atoms with Crippen LogP contribution in [-0.4, -0.2) is 41.7 Å². The highest BCUT2D eigenvalue weighted by molar-refractivity contribution is 5.86. The van der Waals surface area contributed by atoms with Crippen molar-refractivity contribution in [2.75, 3.05) is 19.8 Å². The molecule has 4 nitrogen and oxygen atoms in total. The molecule has 2 unspecified atom stereocenters. The van der Waals surface area contributed by atoms with E-state index in [0.717, 1.165) is 43.5 Å². The van der Waals surface area contributed by atoms with E-state index in [9.17, 15) is 4.79 Å². The van der Waals surface area contributed by atoms with E-state index in [1.165, 1.54) is 0 Å². The molecule has 0 aromatic heterocycles. The van der Waals surface area contributed by atoms with Crippen LogP contribution in [0.5, 0.6) is 5.75 Å². The second-order valence-electron chi connectivity index (χ2n) is 5.59. The van der Waals surface area contributed by atoms with Crippen LogP contribution in [0, 0.1) is 0 Å². The molecule has 3 rings (SSSR count). The van der Waals surface area contributed by atoms with Gasteiger partial charge in [0.05, 0.1) is 0 Å². The van der Waals surface area contributed by atoms with Gasteiger partial charge in [-0.3, -0.25) is 4.79 Å². The zero-order valence-electron chi connectivity index (χ0n) is 11.6. The van der Waals surface area contributed by atoms with E-state index in [1.807, 2.05) is 29.2 Å². The standard InChI is InChI=1S/C16H21NO3/c18-10-4-6-12-5-3-9-17(12)16(19)14-11-20-15-8-2-1-7-13(14)15/h1-2,7-8,12,14,18H,3-6,9-11H2. The van der Waals surface area contributed by atoms with Gasteiger partial charge < -0.3 is 14.7 Å². The van der Waals surface area contributed by atoms with Gasteiger partial charge in [0.15, 0.2) is 0 Å². The highest BCUT2D eigenvalue weighted by Gasteiger charge is 2.37. The van der Waals surface area contributed by atoms with Gasteiger partial charge in [-0.25, -0.2) is 0 Å². The molecule has 0 saturated carbocycles. The molecule has 4 heteroatoms. The quantitative estimate of drug-likeness (QED) is 0.913. The molecule has 1 saturated heterocycles. The third-order valence-corrected chi connectivity index (χ3v) is 4.35. The maximum atomic E-state index is 12.8. The van der Waals surface area contributed by atoms with Gasteiger partial charge in [0, 0.05) is 24.8 Å². The number of benzene rings is 1. The Morgan fingerprint density at radius 2 is 2.25 bits per heavy atom. The Morgan fingerprint density at radius 1 is 1.40 bits per heavy atom. The maximum absolute atomic E-state index is 12.8. The number of nitrogens with zero attached hydrogens (tertiary/aromatic N) is 1. The molecule has 2 aliphatic rings. The van der Waals surface area contributed by atoms with E-state index in [-0.39, 0.29) is 18.4 Å². The predicted octanol–water partition coefficient (Wildman–Crippen LogP) is 1.93. The third kappa shape index (κ3) is 2.40. The van der Waals surface area contributed by atoms with Gasteiger partial charge in [-0.05, 0) is 31.7 Å². The minimum absolute atomic E-state index is 0.152. The number of likely N-dealkylation sites (tertiary alicyclic amines) is 1. The Hall–Kier alpha value is -1.55. The van der Waals surface area contributed by atoms with Crippen molar-refractivity contribution in [3.8, 4) is 5.75 Å². The van der Waals surface area contributed by atoms with Crippen molar-refractivity contribution in [3.63, 3.8) is 0 Å². The monoisotopic (exact) mass is 275 g/mol. The molecule has 2 heterocycles. The molecule has 1 fully saturated rings. The Morgan fingerprint density at radius 3 is 3.10 bits per heavy atom. The van der Waals surface area contributed by atoms with Crippen molar-refractivity contribution in [1.82, 2.24) is 4.90 Å². The van der Waals surface area contributed by atoms with Gasteiger partial charge in [0.2, 0.25) is 5.91 Å². The van der Waals surface area contributed by atoms with Crippen LogP contribution in [0.2, 0.25) is 0 Å². The van der Waals surface area contributed by atoms with Crippen molar-refractivity contribution < 1.29 is 14.6 Å². The number of aliphatic hydroxyl groups is 1. The number of ether oxygens (including phenoxy) is 1.